The lowest BCUT2D eigenvalue weighted by Crippen LogP contribution is -2.31. The summed E-state index contributed by atoms with van der Waals surface area (Å²) in [5.74, 6) is -0.216. The van der Waals surface area contributed by atoms with Gasteiger partial charge in [0.1, 0.15) is 0 Å². The Hall–Kier alpha value is -1.55. The van der Waals surface area contributed by atoms with Crippen LogP contribution >= 0.6 is 0 Å². The number of likely N-dealkylation sites (tertiary alicyclic amines) is 1. The lowest BCUT2D eigenvalue weighted by atomic mass is 10.1. The molecule has 22 heavy (non-hydrogen) atoms. The third-order valence-electron chi connectivity index (χ3n) is 4.21. The van der Waals surface area contributed by atoms with Crippen LogP contribution < -0.4 is 4.90 Å². The summed E-state index contributed by atoms with van der Waals surface area (Å²) in [4.78, 5) is 16.6. The molecule has 0 N–H and O–H groups in total. The molecule has 4 nitrogen and oxygen atoms in total. The molecule has 1 fully saturated rings. The van der Waals surface area contributed by atoms with Crippen LogP contribution in [-0.2, 0) is 4.74 Å². The van der Waals surface area contributed by atoms with E-state index in [9.17, 15) is 4.79 Å². The topological polar surface area (TPSA) is 32.8 Å². The molecule has 4 heteroatoms. The largest absolute Gasteiger partial charge is 0.462 e. The van der Waals surface area contributed by atoms with Gasteiger partial charge in [0.15, 0.2) is 0 Å². The van der Waals surface area contributed by atoms with Gasteiger partial charge >= 0.3 is 5.97 Å². The normalized spacial score (nSPS) is 15.6. The van der Waals surface area contributed by atoms with Crippen LogP contribution in [0.1, 0.15) is 41.6 Å². The first-order valence-corrected chi connectivity index (χ1v) is 8.25. The van der Waals surface area contributed by atoms with Gasteiger partial charge in [0.05, 0.1) is 12.2 Å². The molecule has 0 amide bonds. The van der Waals surface area contributed by atoms with Crippen molar-refractivity contribution in [3.8, 4) is 0 Å². The Morgan fingerprint density at radius 2 is 1.95 bits per heavy atom. The van der Waals surface area contributed by atoms with E-state index in [1.807, 2.05) is 44.1 Å². The second-order valence-corrected chi connectivity index (χ2v) is 6.29. The van der Waals surface area contributed by atoms with Crippen molar-refractivity contribution >= 4 is 11.7 Å². The third-order valence-corrected chi connectivity index (χ3v) is 4.21. The number of ether oxygens (including phenoxy) is 1. The molecule has 0 radical (unpaired) electrons. The molecule has 2 rings (SSSR count). The van der Waals surface area contributed by atoms with E-state index in [-0.39, 0.29) is 5.97 Å². The van der Waals surface area contributed by atoms with Crippen LogP contribution in [0.2, 0.25) is 0 Å². The van der Waals surface area contributed by atoms with E-state index >= 15 is 0 Å². The zero-order chi connectivity index (χ0) is 15.9. The van der Waals surface area contributed by atoms with Crippen LogP contribution in [0.4, 0.5) is 5.69 Å². The van der Waals surface area contributed by atoms with Gasteiger partial charge in [-0.25, -0.2) is 4.79 Å². The van der Waals surface area contributed by atoms with Crippen LogP contribution in [-0.4, -0.2) is 51.2 Å². The number of anilines is 1. The Kier molecular flexibility index (Phi) is 6.25. The zero-order valence-electron chi connectivity index (χ0n) is 14.1. The molecule has 0 atom stereocenters. The number of benzene rings is 1. The van der Waals surface area contributed by atoms with Crippen LogP contribution in [0, 0.1) is 6.92 Å². The van der Waals surface area contributed by atoms with E-state index in [1.165, 1.54) is 32.4 Å². The number of esters is 1. The monoisotopic (exact) mass is 304 g/mol. The zero-order valence-corrected chi connectivity index (χ0v) is 14.1. The Morgan fingerprint density at radius 1 is 1.23 bits per heavy atom. The maximum absolute atomic E-state index is 12.1. The quantitative estimate of drug-likeness (QED) is 0.597. The summed E-state index contributed by atoms with van der Waals surface area (Å²) < 4.78 is 5.40. The first-order valence-electron chi connectivity index (χ1n) is 8.25. The molecular formula is C18H28N2O2. The number of nitrogens with zero attached hydrogens (tertiary/aromatic N) is 2. The van der Waals surface area contributed by atoms with Gasteiger partial charge in [-0.05, 0) is 63.0 Å². The maximum atomic E-state index is 12.1. The van der Waals surface area contributed by atoms with Gasteiger partial charge in [-0.1, -0.05) is 6.42 Å². The number of rotatable bonds is 6. The number of hydrogen-bond acceptors (Lipinski definition) is 4. The molecule has 1 aromatic rings. The molecule has 0 unspecified atom stereocenters. The smallest absolute Gasteiger partial charge is 0.338 e. The molecular weight excluding hydrogens is 276 g/mol. The Labute approximate surface area is 134 Å². The van der Waals surface area contributed by atoms with Crippen molar-refractivity contribution in [2.75, 3.05) is 45.2 Å². The van der Waals surface area contributed by atoms with Crippen molar-refractivity contribution in [1.29, 1.82) is 0 Å². The van der Waals surface area contributed by atoms with Crippen molar-refractivity contribution in [2.24, 2.45) is 0 Å². The molecule has 1 heterocycles. The van der Waals surface area contributed by atoms with Crippen LogP contribution in [0.25, 0.3) is 0 Å². The predicted molar refractivity (Wildman–Crippen MR) is 90.7 cm³/mol. The van der Waals surface area contributed by atoms with Crippen LogP contribution in [0.15, 0.2) is 18.2 Å². The summed E-state index contributed by atoms with van der Waals surface area (Å²) in [6.07, 6.45) is 4.88. The Morgan fingerprint density at radius 3 is 2.59 bits per heavy atom. The van der Waals surface area contributed by atoms with E-state index in [2.05, 4.69) is 4.90 Å². The van der Waals surface area contributed by atoms with E-state index in [0.29, 0.717) is 12.2 Å². The van der Waals surface area contributed by atoms with Gasteiger partial charge in [-0.15, -0.1) is 0 Å². The van der Waals surface area contributed by atoms with Crippen molar-refractivity contribution in [3.63, 3.8) is 0 Å². The number of aryl methyl sites for hydroxylation is 1. The average Bonchev–Trinajstić information content (AvgIpc) is 2.52. The van der Waals surface area contributed by atoms with E-state index in [4.69, 9.17) is 4.74 Å². The van der Waals surface area contributed by atoms with Gasteiger partial charge < -0.3 is 14.5 Å². The molecule has 0 aromatic heterocycles. The number of hydrogen-bond donors (Lipinski definition) is 0. The minimum atomic E-state index is -0.216. The number of piperidine rings is 1. The second kappa shape index (κ2) is 8.18. The van der Waals surface area contributed by atoms with Gasteiger partial charge in [0.2, 0.25) is 0 Å². The van der Waals surface area contributed by atoms with Crippen LogP contribution in [0.5, 0.6) is 0 Å². The fraction of sp³-hybridized carbons (Fsp3) is 0.611. The molecule has 0 aliphatic carbocycles. The van der Waals surface area contributed by atoms with Gasteiger partial charge in [0, 0.05) is 26.3 Å². The highest BCUT2D eigenvalue weighted by molar-refractivity contribution is 5.90. The first-order chi connectivity index (χ1) is 10.6. The summed E-state index contributed by atoms with van der Waals surface area (Å²) in [7, 11) is 4.00. The van der Waals surface area contributed by atoms with Crippen molar-refractivity contribution < 1.29 is 9.53 Å². The average molecular weight is 304 g/mol. The van der Waals surface area contributed by atoms with E-state index in [0.717, 1.165) is 24.2 Å². The molecule has 0 spiro atoms. The second-order valence-electron chi connectivity index (χ2n) is 6.29. The third kappa shape index (κ3) is 4.73. The number of carbonyl (C=O) groups is 1. The first kappa shape index (κ1) is 16.8. The fourth-order valence-corrected chi connectivity index (χ4v) is 3.00. The van der Waals surface area contributed by atoms with Gasteiger partial charge in [-0.3, -0.25) is 0 Å². The minimum absolute atomic E-state index is 0.216. The summed E-state index contributed by atoms with van der Waals surface area (Å²) >= 11 is 0. The molecule has 1 aromatic carbocycles. The minimum Gasteiger partial charge on any atom is -0.462 e. The molecule has 0 bridgehead atoms. The van der Waals surface area contributed by atoms with Gasteiger partial charge in [0.25, 0.3) is 0 Å². The summed E-state index contributed by atoms with van der Waals surface area (Å²) in [5.41, 5.74) is 2.86. The lowest BCUT2D eigenvalue weighted by molar-refractivity contribution is 0.0485. The fourth-order valence-electron chi connectivity index (χ4n) is 3.00. The Bertz CT molecular complexity index is 494. The number of carbonyl (C=O) groups excluding carboxylic acids is 1. The predicted octanol–water partition coefficient (Wildman–Crippen LogP) is 3.09. The van der Waals surface area contributed by atoms with E-state index in [1.54, 1.807) is 0 Å². The molecule has 1 saturated heterocycles. The SMILES string of the molecule is Cc1cc(C(=O)OCCCN2CCCCC2)ccc1N(C)C. The van der Waals surface area contributed by atoms with Gasteiger partial charge in [-0.2, -0.15) is 0 Å². The summed E-state index contributed by atoms with van der Waals surface area (Å²) in [5, 5.41) is 0. The molecule has 0 saturated carbocycles. The molecule has 1 aliphatic rings. The molecule has 122 valence electrons. The highest BCUT2D eigenvalue weighted by atomic mass is 16.5. The maximum Gasteiger partial charge on any atom is 0.338 e. The van der Waals surface area contributed by atoms with Crippen molar-refractivity contribution in [3.05, 3.63) is 29.3 Å². The van der Waals surface area contributed by atoms with Crippen molar-refractivity contribution in [1.82, 2.24) is 4.90 Å². The van der Waals surface area contributed by atoms with Crippen molar-refractivity contribution in [2.45, 2.75) is 32.6 Å². The lowest BCUT2D eigenvalue weighted by Gasteiger charge is -2.26. The Balaban J connectivity index is 1.76. The van der Waals surface area contributed by atoms with E-state index < -0.39 is 0 Å². The summed E-state index contributed by atoms with van der Waals surface area (Å²) in [6.45, 7) is 5.94. The highest BCUT2D eigenvalue weighted by Crippen LogP contribution is 2.19. The molecule has 1 aliphatic heterocycles. The van der Waals surface area contributed by atoms with Crippen LogP contribution in [0.3, 0.4) is 0 Å². The summed E-state index contributed by atoms with van der Waals surface area (Å²) in [6, 6.07) is 5.72. The highest BCUT2D eigenvalue weighted by Gasteiger charge is 2.12. The standard InChI is InChI=1S/C18H28N2O2/c1-15-14-16(8-9-17(15)19(2)3)18(21)22-13-7-12-20-10-5-4-6-11-20/h8-9,14H,4-7,10-13H2,1-3H3.